The number of fused-ring (bicyclic) bond motifs is 2. The van der Waals surface area contributed by atoms with Crippen molar-refractivity contribution in [1.82, 2.24) is 9.80 Å². The molecule has 0 aliphatic carbocycles. The molecule has 2 aliphatic rings. The molecular formula is C24H28FN3O6S. The number of nitrogens with one attached hydrogen (secondary N) is 1. The molecule has 0 bridgehead atoms. The second kappa shape index (κ2) is 9.82. The summed E-state index contributed by atoms with van der Waals surface area (Å²) in [4.78, 5) is 28.3. The van der Waals surface area contributed by atoms with Crippen LogP contribution < -0.4 is 9.46 Å². The van der Waals surface area contributed by atoms with Gasteiger partial charge in [-0.15, -0.1) is 0 Å². The van der Waals surface area contributed by atoms with Crippen molar-refractivity contribution in [3.8, 4) is 5.75 Å². The van der Waals surface area contributed by atoms with Gasteiger partial charge in [0.2, 0.25) is 5.91 Å². The zero-order valence-corrected chi connectivity index (χ0v) is 20.5. The fourth-order valence-corrected chi connectivity index (χ4v) is 5.40. The van der Waals surface area contributed by atoms with Gasteiger partial charge in [0.15, 0.2) is 0 Å². The number of hydrogen-bond acceptors (Lipinski definition) is 6. The Kier molecular flexibility index (Phi) is 7.00. The number of halogens is 1. The van der Waals surface area contributed by atoms with Crippen molar-refractivity contribution in [2.45, 2.75) is 42.4 Å². The number of hydrogen-bond donors (Lipinski definition) is 1. The van der Waals surface area contributed by atoms with Crippen molar-refractivity contribution in [1.29, 1.82) is 0 Å². The van der Waals surface area contributed by atoms with Gasteiger partial charge in [0, 0.05) is 26.8 Å². The van der Waals surface area contributed by atoms with Gasteiger partial charge >= 0.3 is 0 Å². The Balaban J connectivity index is 1.54. The predicted octanol–water partition coefficient (Wildman–Crippen LogP) is 2.49. The van der Waals surface area contributed by atoms with Crippen LogP contribution in [0.15, 0.2) is 47.4 Å². The Bertz CT molecular complexity index is 1240. The minimum absolute atomic E-state index is 0.0248. The van der Waals surface area contributed by atoms with Crippen LogP contribution in [0.4, 0.5) is 10.1 Å². The molecule has 0 aromatic heterocycles. The molecule has 2 aromatic carbocycles. The molecule has 9 nitrogen and oxygen atoms in total. The highest BCUT2D eigenvalue weighted by molar-refractivity contribution is 7.92. The first kappa shape index (κ1) is 24.9. The van der Waals surface area contributed by atoms with Crippen LogP contribution in [0.5, 0.6) is 5.75 Å². The summed E-state index contributed by atoms with van der Waals surface area (Å²) in [5, 5.41) is 0. The maximum atomic E-state index is 13.5. The molecule has 1 fully saturated rings. The van der Waals surface area contributed by atoms with Crippen LogP contribution in [-0.4, -0.2) is 76.0 Å². The Morgan fingerprint density at radius 1 is 1.20 bits per heavy atom. The van der Waals surface area contributed by atoms with Gasteiger partial charge in [-0.05, 0) is 49.2 Å². The van der Waals surface area contributed by atoms with Crippen LogP contribution in [0.3, 0.4) is 0 Å². The number of rotatable bonds is 5. The first-order chi connectivity index (χ1) is 16.5. The molecule has 35 heavy (non-hydrogen) atoms. The Morgan fingerprint density at radius 3 is 2.69 bits per heavy atom. The number of ether oxygens (including phenoxy) is 2. The largest absolute Gasteiger partial charge is 0.490 e. The lowest BCUT2D eigenvalue weighted by atomic mass is 9.94. The third kappa shape index (κ3) is 5.40. The zero-order chi connectivity index (χ0) is 25.3. The van der Waals surface area contributed by atoms with Gasteiger partial charge in [-0.1, -0.05) is 6.07 Å². The van der Waals surface area contributed by atoms with Gasteiger partial charge in [-0.2, -0.15) is 0 Å². The summed E-state index contributed by atoms with van der Waals surface area (Å²) in [5.41, 5.74) is 0.355. The number of sulfonamides is 1. The average molecular weight is 506 g/mol. The highest BCUT2D eigenvalue weighted by Crippen LogP contribution is 2.33. The Hall–Kier alpha value is -3.18. The lowest BCUT2D eigenvalue weighted by Crippen LogP contribution is -2.53. The van der Waals surface area contributed by atoms with Gasteiger partial charge in [0.05, 0.1) is 29.0 Å². The highest BCUT2D eigenvalue weighted by atomic mass is 32.2. The molecule has 0 unspecified atom stereocenters. The topological polar surface area (TPSA) is 105 Å². The molecule has 11 heteroatoms. The van der Waals surface area contributed by atoms with Crippen molar-refractivity contribution in [2.75, 3.05) is 32.5 Å². The van der Waals surface area contributed by atoms with E-state index >= 15 is 0 Å². The maximum absolute atomic E-state index is 13.5. The smallest absolute Gasteiger partial charge is 0.261 e. The van der Waals surface area contributed by atoms with Crippen molar-refractivity contribution in [3.05, 3.63) is 53.8 Å². The average Bonchev–Trinajstić information content (AvgIpc) is 2.81. The molecule has 0 saturated carbocycles. The molecule has 2 aliphatic heterocycles. The van der Waals surface area contributed by atoms with Crippen molar-refractivity contribution in [3.63, 3.8) is 0 Å². The number of benzene rings is 2. The van der Waals surface area contributed by atoms with E-state index in [0.717, 1.165) is 12.1 Å². The van der Waals surface area contributed by atoms with E-state index in [1.54, 1.807) is 26.0 Å². The number of likely N-dealkylation sites (N-methyl/N-ethyl adjacent to an activating group) is 1. The van der Waals surface area contributed by atoms with Crippen molar-refractivity contribution < 1.29 is 31.9 Å². The molecule has 3 atom stereocenters. The fourth-order valence-electron chi connectivity index (χ4n) is 4.32. The molecule has 2 heterocycles. The number of amides is 2. The van der Waals surface area contributed by atoms with Crippen LogP contribution in [0, 0.1) is 5.82 Å². The Morgan fingerprint density at radius 2 is 1.97 bits per heavy atom. The summed E-state index contributed by atoms with van der Waals surface area (Å²) in [6.07, 6.45) is 0.870. The SMILES string of the molecule is CN(C)C(=O)C[C@@H]1CC[C@H]2[C@@H](COc3ccc(NS(=O)(=O)c4cccc(F)c4)cc3C(=O)N2C)O1. The van der Waals surface area contributed by atoms with Gasteiger partial charge in [-0.25, -0.2) is 12.8 Å². The second-order valence-electron chi connectivity index (χ2n) is 8.93. The Labute approximate surface area is 203 Å². The molecule has 188 valence electrons. The minimum Gasteiger partial charge on any atom is -0.490 e. The van der Waals surface area contributed by atoms with E-state index in [1.165, 1.54) is 35.2 Å². The van der Waals surface area contributed by atoms with Gasteiger partial charge < -0.3 is 19.3 Å². The number of anilines is 1. The predicted molar refractivity (Wildman–Crippen MR) is 126 cm³/mol. The van der Waals surface area contributed by atoms with Gasteiger partial charge in [-0.3, -0.25) is 14.3 Å². The van der Waals surface area contributed by atoms with E-state index in [0.29, 0.717) is 18.6 Å². The zero-order valence-electron chi connectivity index (χ0n) is 19.7. The van der Waals surface area contributed by atoms with E-state index in [4.69, 9.17) is 9.47 Å². The van der Waals surface area contributed by atoms with E-state index in [9.17, 15) is 22.4 Å². The summed E-state index contributed by atoms with van der Waals surface area (Å²) < 4.78 is 53.3. The summed E-state index contributed by atoms with van der Waals surface area (Å²) in [5.74, 6) is -0.742. The molecular weight excluding hydrogens is 477 g/mol. The van der Waals surface area contributed by atoms with Crippen LogP contribution in [0.2, 0.25) is 0 Å². The minimum atomic E-state index is -4.06. The fraction of sp³-hybridized carbons (Fsp3) is 0.417. The molecule has 4 rings (SSSR count). The summed E-state index contributed by atoms with van der Waals surface area (Å²) in [6.45, 7) is 0.177. The van der Waals surface area contributed by atoms with Gasteiger partial charge in [0.1, 0.15) is 24.3 Å². The highest BCUT2D eigenvalue weighted by Gasteiger charge is 2.39. The van der Waals surface area contributed by atoms with E-state index in [1.807, 2.05) is 0 Å². The van der Waals surface area contributed by atoms with Crippen molar-refractivity contribution >= 4 is 27.5 Å². The van der Waals surface area contributed by atoms with Crippen LogP contribution in [0.25, 0.3) is 0 Å². The molecule has 1 saturated heterocycles. The summed E-state index contributed by atoms with van der Waals surface area (Å²) >= 11 is 0. The molecule has 1 N–H and O–H groups in total. The normalized spacial score (nSPS) is 22.2. The molecule has 2 aromatic rings. The number of carbonyl (C=O) groups excluding carboxylic acids is 2. The molecule has 0 radical (unpaired) electrons. The lowest BCUT2D eigenvalue weighted by Gasteiger charge is -2.42. The van der Waals surface area contributed by atoms with Crippen molar-refractivity contribution in [2.24, 2.45) is 0 Å². The first-order valence-electron chi connectivity index (χ1n) is 11.2. The summed E-state index contributed by atoms with van der Waals surface area (Å²) in [6, 6.07) is 8.80. The standard InChI is InChI=1S/C24H28FN3O6S/c1-27(2)23(29)13-17-8-9-20-22(34-17)14-33-21-10-7-16(12-19(21)24(30)28(20)3)26-35(31,32)18-6-4-5-15(25)11-18/h4-7,10-12,17,20,22,26H,8-9,13-14H2,1-3H3/t17-,20-,22+/m0/s1. The third-order valence-corrected chi connectivity index (χ3v) is 7.65. The number of carbonyl (C=O) groups is 2. The monoisotopic (exact) mass is 505 g/mol. The van der Waals surface area contributed by atoms with E-state index < -0.39 is 21.9 Å². The summed E-state index contributed by atoms with van der Waals surface area (Å²) in [7, 11) is 1.01. The maximum Gasteiger partial charge on any atom is 0.261 e. The van der Waals surface area contributed by atoms with Gasteiger partial charge in [0.25, 0.3) is 15.9 Å². The van der Waals surface area contributed by atoms with Crippen LogP contribution in [0.1, 0.15) is 29.6 Å². The second-order valence-corrected chi connectivity index (χ2v) is 10.6. The van der Waals surface area contributed by atoms with Crippen LogP contribution >= 0.6 is 0 Å². The first-order valence-corrected chi connectivity index (χ1v) is 12.7. The molecule has 2 amide bonds. The lowest BCUT2D eigenvalue weighted by molar-refractivity contribution is -0.140. The van der Waals surface area contributed by atoms with E-state index in [-0.39, 0.29) is 53.1 Å². The third-order valence-electron chi connectivity index (χ3n) is 6.27. The van der Waals surface area contributed by atoms with E-state index in [2.05, 4.69) is 4.72 Å². The molecule has 0 spiro atoms. The number of nitrogens with zero attached hydrogens (tertiary/aromatic N) is 2. The van der Waals surface area contributed by atoms with Crippen LogP contribution in [-0.2, 0) is 19.6 Å². The quantitative estimate of drug-likeness (QED) is 0.670.